The molecule has 0 bridgehead atoms. The van der Waals surface area contributed by atoms with Crippen molar-refractivity contribution in [3.05, 3.63) is 0 Å². The maximum Gasteiger partial charge on any atom is 0.356 e. The molecule has 6 nitrogen and oxygen atoms in total. The molecule has 4 aliphatic rings. The molecule has 2 atom stereocenters. The van der Waals surface area contributed by atoms with Crippen molar-refractivity contribution in [2.24, 2.45) is 5.92 Å². The Morgan fingerprint density at radius 2 is 1.96 bits per heavy atom. The molecule has 23 heavy (non-hydrogen) atoms. The molecule has 0 radical (unpaired) electrons. The molecule has 124 valence electrons. The highest BCUT2D eigenvalue weighted by Gasteiger charge is 2.55. The van der Waals surface area contributed by atoms with E-state index in [0.717, 1.165) is 18.4 Å². The summed E-state index contributed by atoms with van der Waals surface area (Å²) in [6.07, 6.45) is 12.3. The van der Waals surface area contributed by atoms with Crippen LogP contribution in [0.1, 0.15) is 64.2 Å². The van der Waals surface area contributed by atoms with Crippen molar-refractivity contribution >= 4 is 17.8 Å². The SMILES string of the molecule is O=C1CC[n+]2c(nn3c2NC2CCCCC2C32CCCCC2)N1. The molecule has 3 heterocycles. The van der Waals surface area contributed by atoms with Gasteiger partial charge in [0, 0.05) is 5.92 Å². The zero-order valence-electron chi connectivity index (χ0n) is 13.7. The molecule has 0 aromatic carbocycles. The minimum Gasteiger partial charge on any atom is -0.304 e. The van der Waals surface area contributed by atoms with E-state index in [0.29, 0.717) is 18.4 Å². The molecule has 2 saturated carbocycles. The zero-order chi connectivity index (χ0) is 15.4. The minimum atomic E-state index is 0.0931. The Morgan fingerprint density at radius 1 is 1.13 bits per heavy atom. The largest absolute Gasteiger partial charge is 0.356 e. The van der Waals surface area contributed by atoms with Crippen molar-refractivity contribution in [3.8, 4) is 0 Å². The number of nitrogens with zero attached hydrogens (tertiary/aromatic N) is 3. The molecule has 1 aromatic rings. The van der Waals surface area contributed by atoms with Crippen LogP contribution >= 0.6 is 0 Å². The maximum atomic E-state index is 11.8. The number of rotatable bonds is 0. The molecule has 2 N–H and O–H groups in total. The Kier molecular flexibility index (Phi) is 2.97. The van der Waals surface area contributed by atoms with E-state index in [1.165, 1.54) is 57.8 Å². The third-order valence-electron chi connectivity index (χ3n) is 6.63. The zero-order valence-corrected chi connectivity index (χ0v) is 13.7. The molecule has 2 fully saturated rings. The Hall–Kier alpha value is -1.59. The Balaban J connectivity index is 1.66. The first-order valence-electron chi connectivity index (χ1n) is 9.38. The highest BCUT2D eigenvalue weighted by atomic mass is 16.2. The molecular formula is C17H26N5O+. The number of carbonyl (C=O) groups excluding carboxylic acids is 1. The van der Waals surface area contributed by atoms with Crippen LogP contribution in [-0.4, -0.2) is 21.7 Å². The van der Waals surface area contributed by atoms with E-state index in [9.17, 15) is 4.79 Å². The van der Waals surface area contributed by atoms with E-state index in [1.54, 1.807) is 0 Å². The van der Waals surface area contributed by atoms with Gasteiger partial charge in [0.2, 0.25) is 0 Å². The number of nitrogens with one attached hydrogen (secondary N) is 2. The lowest BCUT2D eigenvalue weighted by Crippen LogP contribution is -2.58. The lowest BCUT2D eigenvalue weighted by atomic mass is 9.64. The van der Waals surface area contributed by atoms with Gasteiger partial charge in [0.15, 0.2) is 0 Å². The second-order valence-corrected chi connectivity index (χ2v) is 7.81. The summed E-state index contributed by atoms with van der Waals surface area (Å²) in [5.41, 5.74) is 0.180. The van der Waals surface area contributed by atoms with Gasteiger partial charge >= 0.3 is 11.9 Å². The van der Waals surface area contributed by atoms with Crippen LogP contribution in [0.4, 0.5) is 11.9 Å². The number of carbonyl (C=O) groups is 1. The molecule has 5 rings (SSSR count). The number of fused-ring (bicyclic) bond motifs is 6. The van der Waals surface area contributed by atoms with Gasteiger partial charge in [-0.05, 0) is 30.8 Å². The molecule has 1 aromatic heterocycles. The average Bonchev–Trinajstić information content (AvgIpc) is 2.94. The van der Waals surface area contributed by atoms with Crippen LogP contribution in [0.2, 0.25) is 0 Å². The third-order valence-corrected chi connectivity index (χ3v) is 6.63. The second-order valence-electron chi connectivity index (χ2n) is 7.81. The van der Waals surface area contributed by atoms with Gasteiger partial charge in [-0.3, -0.25) is 4.79 Å². The summed E-state index contributed by atoms with van der Waals surface area (Å²) in [6, 6.07) is 0.584. The average molecular weight is 316 g/mol. The summed E-state index contributed by atoms with van der Waals surface area (Å²) in [5, 5.41) is 11.7. The van der Waals surface area contributed by atoms with Crippen molar-refractivity contribution < 1.29 is 9.36 Å². The third kappa shape index (κ3) is 1.90. The molecule has 0 saturated heterocycles. The van der Waals surface area contributed by atoms with Gasteiger partial charge < -0.3 is 5.32 Å². The molecule has 1 spiro atoms. The van der Waals surface area contributed by atoms with Gasteiger partial charge in [0.05, 0.1) is 19.0 Å². The first kappa shape index (κ1) is 13.8. The molecule has 2 aliphatic carbocycles. The number of hydrogen-bond acceptors (Lipinski definition) is 3. The normalized spacial score (nSPS) is 31.6. The molecule has 2 aliphatic heterocycles. The van der Waals surface area contributed by atoms with Crippen LogP contribution in [0, 0.1) is 5.92 Å². The van der Waals surface area contributed by atoms with Gasteiger partial charge in [-0.25, -0.2) is 9.88 Å². The summed E-state index contributed by atoms with van der Waals surface area (Å²) in [7, 11) is 0. The number of aromatic nitrogens is 3. The van der Waals surface area contributed by atoms with E-state index in [-0.39, 0.29) is 11.4 Å². The van der Waals surface area contributed by atoms with Gasteiger partial charge in [0.25, 0.3) is 5.91 Å². The van der Waals surface area contributed by atoms with Crippen molar-refractivity contribution in [2.75, 3.05) is 10.6 Å². The first-order chi connectivity index (χ1) is 11.3. The number of amides is 1. The molecule has 2 unspecified atom stereocenters. The van der Waals surface area contributed by atoms with E-state index in [2.05, 4.69) is 19.9 Å². The predicted octanol–water partition coefficient (Wildman–Crippen LogP) is 2.16. The van der Waals surface area contributed by atoms with E-state index >= 15 is 0 Å². The topological polar surface area (TPSA) is 62.8 Å². The first-order valence-corrected chi connectivity index (χ1v) is 9.38. The standard InChI is InChI=1S/C17H25N5O/c23-14-8-11-21-15(19-14)20-22-16(21)18-13-7-3-2-6-12(13)17(22)9-4-1-5-10-17/h12-13H,1-11H2,(H,19,20,23)/p+1. The highest BCUT2D eigenvalue weighted by Crippen LogP contribution is 2.50. The Bertz CT molecular complexity index is 646. The van der Waals surface area contributed by atoms with Gasteiger partial charge in [-0.1, -0.05) is 32.1 Å². The van der Waals surface area contributed by atoms with Crippen molar-refractivity contribution in [3.63, 3.8) is 0 Å². The summed E-state index contributed by atoms with van der Waals surface area (Å²) < 4.78 is 4.49. The van der Waals surface area contributed by atoms with Crippen LogP contribution in [0.5, 0.6) is 0 Å². The maximum absolute atomic E-state index is 11.8. The van der Waals surface area contributed by atoms with Gasteiger partial charge in [-0.15, -0.1) is 4.68 Å². The van der Waals surface area contributed by atoms with E-state index in [4.69, 9.17) is 5.10 Å². The number of hydrogen-bond donors (Lipinski definition) is 2. The lowest BCUT2D eigenvalue weighted by Gasteiger charge is -2.49. The van der Waals surface area contributed by atoms with Crippen molar-refractivity contribution in [1.29, 1.82) is 0 Å². The Labute approximate surface area is 136 Å². The quantitative estimate of drug-likeness (QED) is 0.721. The molecule has 1 amide bonds. The fraction of sp³-hybridized carbons (Fsp3) is 0.824. The minimum absolute atomic E-state index is 0.0931. The van der Waals surface area contributed by atoms with Crippen LogP contribution in [0.15, 0.2) is 0 Å². The Morgan fingerprint density at radius 3 is 2.83 bits per heavy atom. The fourth-order valence-electron chi connectivity index (χ4n) is 5.58. The summed E-state index contributed by atoms with van der Waals surface area (Å²) in [5.74, 6) is 2.68. The lowest BCUT2D eigenvalue weighted by molar-refractivity contribution is -0.671. The van der Waals surface area contributed by atoms with Gasteiger partial charge in [-0.2, -0.15) is 0 Å². The van der Waals surface area contributed by atoms with Crippen molar-refractivity contribution in [2.45, 2.75) is 82.3 Å². The summed E-state index contributed by atoms with van der Waals surface area (Å²) in [6.45, 7) is 0.747. The fourth-order valence-corrected chi connectivity index (χ4v) is 5.58. The predicted molar refractivity (Wildman–Crippen MR) is 86.1 cm³/mol. The smallest absolute Gasteiger partial charge is 0.304 e. The highest BCUT2D eigenvalue weighted by molar-refractivity contribution is 5.88. The van der Waals surface area contributed by atoms with Gasteiger partial charge in [0.1, 0.15) is 5.54 Å². The van der Waals surface area contributed by atoms with Crippen LogP contribution in [0.25, 0.3) is 0 Å². The number of anilines is 2. The van der Waals surface area contributed by atoms with Crippen LogP contribution in [-0.2, 0) is 16.9 Å². The monoisotopic (exact) mass is 316 g/mol. The van der Waals surface area contributed by atoms with E-state index in [1.807, 2.05) is 0 Å². The van der Waals surface area contributed by atoms with Crippen LogP contribution in [0.3, 0.4) is 0 Å². The second kappa shape index (κ2) is 4.95. The molecular weight excluding hydrogens is 290 g/mol. The van der Waals surface area contributed by atoms with E-state index < -0.39 is 0 Å². The summed E-state index contributed by atoms with van der Waals surface area (Å²) in [4.78, 5) is 11.8. The molecule has 6 heteroatoms. The van der Waals surface area contributed by atoms with Crippen molar-refractivity contribution in [1.82, 2.24) is 9.78 Å². The van der Waals surface area contributed by atoms with Crippen LogP contribution < -0.4 is 15.2 Å². The summed E-state index contributed by atoms with van der Waals surface area (Å²) >= 11 is 0.